The van der Waals surface area contributed by atoms with Gasteiger partial charge in [-0.1, -0.05) is 12.1 Å². The first-order valence-corrected chi connectivity index (χ1v) is 4.69. The van der Waals surface area contributed by atoms with Crippen LogP contribution in [0.1, 0.15) is 11.6 Å². The van der Waals surface area contributed by atoms with Crippen LogP contribution in [-0.4, -0.2) is 19.8 Å². The van der Waals surface area contributed by atoms with Crippen LogP contribution in [0.5, 0.6) is 5.75 Å². The standard InChI is InChI=1S/C10H11F4NO2.ClH/c11-9(12)16-5-8(15)6-2-1-3-7(4-6)17-10(13)14;/h1-4,8-10H,5,15H2;1H/t8-;/m0./s1. The van der Waals surface area contributed by atoms with Gasteiger partial charge in [0.05, 0.1) is 12.6 Å². The van der Waals surface area contributed by atoms with Crippen molar-refractivity contribution in [2.45, 2.75) is 19.3 Å². The molecule has 0 bridgehead atoms. The maximum absolute atomic E-state index is 11.9. The Bertz CT molecular complexity index is 354. The van der Waals surface area contributed by atoms with Crippen molar-refractivity contribution in [1.29, 1.82) is 0 Å². The lowest BCUT2D eigenvalue weighted by atomic mass is 10.1. The second-order valence-electron chi connectivity index (χ2n) is 3.15. The second kappa shape index (κ2) is 8.12. The quantitative estimate of drug-likeness (QED) is 0.819. The van der Waals surface area contributed by atoms with Crippen LogP contribution in [0.3, 0.4) is 0 Å². The Labute approximate surface area is 107 Å². The van der Waals surface area contributed by atoms with Gasteiger partial charge in [-0.25, -0.2) is 0 Å². The minimum Gasteiger partial charge on any atom is -0.435 e. The van der Waals surface area contributed by atoms with Crippen molar-refractivity contribution >= 4 is 12.4 Å². The molecule has 3 nitrogen and oxygen atoms in total. The third-order valence-electron chi connectivity index (χ3n) is 1.91. The van der Waals surface area contributed by atoms with E-state index in [4.69, 9.17) is 5.73 Å². The molecule has 8 heteroatoms. The average Bonchev–Trinajstić information content (AvgIpc) is 2.25. The van der Waals surface area contributed by atoms with Gasteiger partial charge in [-0.05, 0) is 17.7 Å². The Morgan fingerprint density at radius 2 is 1.78 bits per heavy atom. The molecule has 1 atom stereocenters. The topological polar surface area (TPSA) is 44.5 Å². The van der Waals surface area contributed by atoms with Crippen molar-refractivity contribution < 1.29 is 27.0 Å². The number of halogens is 5. The molecular formula is C10H12ClF4NO2. The van der Waals surface area contributed by atoms with E-state index in [0.717, 1.165) is 0 Å². The fourth-order valence-electron chi connectivity index (χ4n) is 1.19. The highest BCUT2D eigenvalue weighted by Gasteiger charge is 2.12. The molecule has 1 aromatic rings. The summed E-state index contributed by atoms with van der Waals surface area (Å²) in [5.74, 6) is -0.0787. The van der Waals surface area contributed by atoms with Crippen LogP contribution in [0.25, 0.3) is 0 Å². The van der Waals surface area contributed by atoms with Crippen LogP contribution in [0.4, 0.5) is 17.6 Å². The van der Waals surface area contributed by atoms with Gasteiger partial charge < -0.3 is 15.2 Å². The number of ether oxygens (including phenoxy) is 2. The Kier molecular flexibility index (Phi) is 7.65. The maximum Gasteiger partial charge on any atom is 0.387 e. The summed E-state index contributed by atoms with van der Waals surface area (Å²) in [7, 11) is 0. The fraction of sp³-hybridized carbons (Fsp3) is 0.400. The predicted molar refractivity (Wildman–Crippen MR) is 59.2 cm³/mol. The first-order valence-electron chi connectivity index (χ1n) is 4.69. The predicted octanol–water partition coefficient (Wildman–Crippen LogP) is 2.95. The van der Waals surface area contributed by atoms with E-state index in [9.17, 15) is 17.6 Å². The molecule has 0 aliphatic carbocycles. The Balaban J connectivity index is 0.00000289. The van der Waals surface area contributed by atoms with Crippen molar-refractivity contribution in [3.63, 3.8) is 0 Å². The van der Waals surface area contributed by atoms with Gasteiger partial charge in [0.25, 0.3) is 0 Å². The van der Waals surface area contributed by atoms with E-state index in [-0.39, 0.29) is 18.2 Å². The van der Waals surface area contributed by atoms with Gasteiger partial charge in [0.2, 0.25) is 0 Å². The van der Waals surface area contributed by atoms with E-state index >= 15 is 0 Å². The van der Waals surface area contributed by atoms with Gasteiger partial charge in [0, 0.05) is 0 Å². The van der Waals surface area contributed by atoms with E-state index in [1.165, 1.54) is 24.3 Å². The monoisotopic (exact) mass is 289 g/mol. The molecule has 0 saturated heterocycles. The van der Waals surface area contributed by atoms with Crippen LogP contribution < -0.4 is 10.5 Å². The second-order valence-corrected chi connectivity index (χ2v) is 3.15. The van der Waals surface area contributed by atoms with E-state index in [2.05, 4.69) is 9.47 Å². The largest absolute Gasteiger partial charge is 0.435 e. The van der Waals surface area contributed by atoms with Gasteiger partial charge >= 0.3 is 13.2 Å². The normalized spacial score (nSPS) is 12.4. The molecule has 0 aliphatic heterocycles. The smallest absolute Gasteiger partial charge is 0.387 e. The highest BCUT2D eigenvalue weighted by Crippen LogP contribution is 2.20. The van der Waals surface area contributed by atoms with E-state index < -0.39 is 25.9 Å². The molecule has 0 aliphatic rings. The lowest BCUT2D eigenvalue weighted by molar-refractivity contribution is -0.132. The summed E-state index contributed by atoms with van der Waals surface area (Å²) in [6, 6.07) is 4.69. The van der Waals surface area contributed by atoms with E-state index in [1.807, 2.05) is 0 Å². The van der Waals surface area contributed by atoms with Crippen LogP contribution in [0.2, 0.25) is 0 Å². The fourth-order valence-corrected chi connectivity index (χ4v) is 1.19. The molecule has 0 fully saturated rings. The molecule has 0 heterocycles. The number of hydrogen-bond donors (Lipinski definition) is 1. The first kappa shape index (κ1) is 16.9. The molecule has 0 radical (unpaired) electrons. The lowest BCUT2D eigenvalue weighted by Gasteiger charge is -2.13. The summed E-state index contributed by atoms with van der Waals surface area (Å²) in [5, 5.41) is 0. The minimum absolute atomic E-state index is 0. The van der Waals surface area contributed by atoms with Gasteiger partial charge in [-0.2, -0.15) is 17.6 Å². The van der Waals surface area contributed by atoms with Crippen LogP contribution in [0, 0.1) is 0 Å². The molecule has 0 saturated carbocycles. The highest BCUT2D eigenvalue weighted by molar-refractivity contribution is 5.85. The Hall–Kier alpha value is -1.05. The summed E-state index contributed by atoms with van der Waals surface area (Å²) in [6.07, 6.45) is 0. The summed E-state index contributed by atoms with van der Waals surface area (Å²) < 4.78 is 55.6. The molecule has 2 N–H and O–H groups in total. The van der Waals surface area contributed by atoms with Crippen LogP contribution >= 0.6 is 12.4 Å². The average molecular weight is 290 g/mol. The van der Waals surface area contributed by atoms with Crippen LogP contribution in [-0.2, 0) is 4.74 Å². The number of alkyl halides is 4. The maximum atomic E-state index is 11.9. The zero-order chi connectivity index (χ0) is 12.8. The van der Waals surface area contributed by atoms with Crippen molar-refractivity contribution in [2.24, 2.45) is 5.73 Å². The van der Waals surface area contributed by atoms with Crippen LogP contribution in [0.15, 0.2) is 24.3 Å². The van der Waals surface area contributed by atoms with Crippen molar-refractivity contribution in [3.05, 3.63) is 29.8 Å². The van der Waals surface area contributed by atoms with Crippen molar-refractivity contribution in [3.8, 4) is 5.75 Å². The summed E-state index contributed by atoms with van der Waals surface area (Å²) in [4.78, 5) is 0. The van der Waals surface area contributed by atoms with Gasteiger partial charge in [-0.15, -0.1) is 12.4 Å². The van der Waals surface area contributed by atoms with E-state index in [0.29, 0.717) is 5.56 Å². The highest BCUT2D eigenvalue weighted by atomic mass is 35.5. The third kappa shape index (κ3) is 6.04. The molecule has 1 aromatic carbocycles. The zero-order valence-electron chi connectivity index (χ0n) is 9.06. The third-order valence-corrected chi connectivity index (χ3v) is 1.91. The number of hydrogen-bond acceptors (Lipinski definition) is 3. The summed E-state index contributed by atoms with van der Waals surface area (Å²) in [5.41, 5.74) is 5.92. The Morgan fingerprint density at radius 1 is 1.11 bits per heavy atom. The number of rotatable bonds is 6. The molecule has 0 spiro atoms. The summed E-state index contributed by atoms with van der Waals surface area (Å²) in [6.45, 7) is -6.27. The number of nitrogens with two attached hydrogens (primary N) is 1. The zero-order valence-corrected chi connectivity index (χ0v) is 9.88. The Morgan fingerprint density at radius 3 is 2.33 bits per heavy atom. The molecule has 104 valence electrons. The molecule has 18 heavy (non-hydrogen) atoms. The lowest BCUT2D eigenvalue weighted by Crippen LogP contribution is -2.19. The minimum atomic E-state index is -2.95. The van der Waals surface area contributed by atoms with Gasteiger partial charge in [-0.3, -0.25) is 0 Å². The van der Waals surface area contributed by atoms with Gasteiger partial charge in [0.15, 0.2) is 0 Å². The van der Waals surface area contributed by atoms with E-state index in [1.54, 1.807) is 0 Å². The molecular weight excluding hydrogens is 278 g/mol. The molecule has 1 rings (SSSR count). The van der Waals surface area contributed by atoms with Crippen molar-refractivity contribution in [1.82, 2.24) is 0 Å². The summed E-state index contributed by atoms with van der Waals surface area (Å²) >= 11 is 0. The molecule has 0 unspecified atom stereocenters. The van der Waals surface area contributed by atoms with Crippen molar-refractivity contribution in [2.75, 3.05) is 6.61 Å². The SMILES string of the molecule is Cl.N[C@@H](COC(F)F)c1cccc(OC(F)F)c1. The van der Waals surface area contributed by atoms with Gasteiger partial charge in [0.1, 0.15) is 5.75 Å². The first-order chi connectivity index (χ1) is 7.99. The number of benzene rings is 1. The molecule has 0 aromatic heterocycles. The molecule has 0 amide bonds.